The van der Waals surface area contributed by atoms with E-state index in [1.54, 1.807) is 0 Å². The van der Waals surface area contributed by atoms with E-state index in [1.807, 2.05) is 17.0 Å². The number of hydrogen-bond donors (Lipinski definition) is 0. The number of fused-ring (bicyclic) bond motifs is 1. The van der Waals surface area contributed by atoms with E-state index in [4.69, 9.17) is 4.74 Å². The fourth-order valence-electron chi connectivity index (χ4n) is 4.06. The Balaban J connectivity index is 1.42. The van der Waals surface area contributed by atoms with Crippen LogP contribution in [0.1, 0.15) is 46.8 Å². The number of carbonyl (C=O) groups excluding carboxylic acids is 1. The molecule has 4 rings (SSSR count). The van der Waals surface area contributed by atoms with Gasteiger partial charge in [-0.1, -0.05) is 43.3 Å². The minimum Gasteiger partial charge on any atom is -0.489 e. The van der Waals surface area contributed by atoms with Crippen molar-refractivity contribution in [2.45, 2.75) is 39.3 Å². The first-order chi connectivity index (χ1) is 13.0. The van der Waals surface area contributed by atoms with Gasteiger partial charge in [-0.2, -0.15) is 0 Å². The van der Waals surface area contributed by atoms with Crippen LogP contribution in [-0.2, 0) is 6.54 Å². The predicted octanol–water partition coefficient (Wildman–Crippen LogP) is 3.84. The molecule has 0 spiro atoms. The van der Waals surface area contributed by atoms with E-state index >= 15 is 0 Å². The molecule has 1 amide bonds. The minimum absolute atomic E-state index is 0.101. The second-order valence-corrected chi connectivity index (χ2v) is 7.83. The average Bonchev–Trinajstić information content (AvgIpc) is 2.98. The second-order valence-electron chi connectivity index (χ2n) is 7.83. The highest BCUT2D eigenvalue weighted by Gasteiger charge is 2.33. The van der Waals surface area contributed by atoms with Gasteiger partial charge in [0.25, 0.3) is 5.91 Å². The summed E-state index contributed by atoms with van der Waals surface area (Å²) in [6, 6.07) is 14.5. The van der Waals surface area contributed by atoms with Gasteiger partial charge in [0.05, 0.1) is 5.56 Å². The van der Waals surface area contributed by atoms with Crippen LogP contribution in [0.5, 0.6) is 5.75 Å². The Hall–Kier alpha value is -2.33. The molecular weight excluding hydrogens is 336 g/mol. The summed E-state index contributed by atoms with van der Waals surface area (Å²) in [4.78, 5) is 17.5. The zero-order valence-electron chi connectivity index (χ0n) is 16.4. The number of hydrogen-bond acceptors (Lipinski definition) is 3. The predicted molar refractivity (Wildman–Crippen MR) is 107 cm³/mol. The zero-order chi connectivity index (χ0) is 19.0. The van der Waals surface area contributed by atoms with Crippen LogP contribution >= 0.6 is 0 Å². The van der Waals surface area contributed by atoms with E-state index in [2.05, 4.69) is 56.0 Å². The third kappa shape index (κ3) is 3.46. The van der Waals surface area contributed by atoms with Crippen molar-refractivity contribution in [2.24, 2.45) is 0 Å². The number of amides is 1. The van der Waals surface area contributed by atoms with Gasteiger partial charge in [-0.05, 0) is 31.0 Å². The van der Waals surface area contributed by atoms with E-state index < -0.39 is 0 Å². The van der Waals surface area contributed by atoms with Crippen molar-refractivity contribution >= 4 is 5.91 Å². The molecule has 1 saturated heterocycles. The molecule has 2 aromatic carbocycles. The van der Waals surface area contributed by atoms with Crippen molar-refractivity contribution in [1.29, 1.82) is 0 Å². The lowest BCUT2D eigenvalue weighted by Crippen LogP contribution is -2.48. The summed E-state index contributed by atoms with van der Waals surface area (Å²) in [5.74, 6) is 1.23. The zero-order valence-corrected chi connectivity index (χ0v) is 16.4. The first-order valence-corrected chi connectivity index (χ1v) is 9.90. The standard InChI is InChI=1S/C23H28N2O2/c1-16-7-4-5-8-19(16)15-24-11-13-25(14-12-24)23(26)21-10-6-9-20-17(2)18(3)27-22(20)21/h4-10,17-18H,11-15H2,1-3H3/t17-,18+/m0/s1. The lowest BCUT2D eigenvalue weighted by Gasteiger charge is -2.35. The van der Waals surface area contributed by atoms with Gasteiger partial charge < -0.3 is 9.64 Å². The SMILES string of the molecule is Cc1ccccc1CN1CCN(C(=O)c2cccc3c2O[C@H](C)[C@@H]3C)CC1. The van der Waals surface area contributed by atoms with Gasteiger partial charge in [-0.25, -0.2) is 0 Å². The van der Waals surface area contributed by atoms with Crippen molar-refractivity contribution in [3.63, 3.8) is 0 Å². The van der Waals surface area contributed by atoms with Crippen LogP contribution in [0.15, 0.2) is 42.5 Å². The molecule has 142 valence electrons. The van der Waals surface area contributed by atoms with Crippen LogP contribution in [0, 0.1) is 6.92 Å². The highest BCUT2D eigenvalue weighted by Crippen LogP contribution is 2.40. The number of ether oxygens (including phenoxy) is 1. The molecule has 0 N–H and O–H groups in total. The number of carbonyl (C=O) groups is 1. The van der Waals surface area contributed by atoms with Crippen LogP contribution in [0.4, 0.5) is 0 Å². The minimum atomic E-state index is 0.101. The summed E-state index contributed by atoms with van der Waals surface area (Å²) < 4.78 is 6.02. The molecule has 2 aliphatic rings. The largest absolute Gasteiger partial charge is 0.489 e. The summed E-state index contributed by atoms with van der Waals surface area (Å²) in [7, 11) is 0. The molecule has 0 saturated carbocycles. The molecule has 27 heavy (non-hydrogen) atoms. The smallest absolute Gasteiger partial charge is 0.257 e. The summed E-state index contributed by atoms with van der Waals surface area (Å²) in [5.41, 5.74) is 4.58. The van der Waals surface area contributed by atoms with Crippen molar-refractivity contribution in [3.05, 3.63) is 64.7 Å². The van der Waals surface area contributed by atoms with E-state index in [0.717, 1.165) is 49.6 Å². The molecule has 1 fully saturated rings. The van der Waals surface area contributed by atoms with Crippen molar-refractivity contribution in [2.75, 3.05) is 26.2 Å². The molecule has 0 unspecified atom stereocenters. The number of aryl methyl sites for hydroxylation is 1. The Kier molecular flexibility index (Phi) is 4.92. The molecule has 4 heteroatoms. The Morgan fingerprint density at radius 3 is 2.52 bits per heavy atom. The highest BCUT2D eigenvalue weighted by atomic mass is 16.5. The Bertz CT molecular complexity index is 840. The number of piperazine rings is 1. The third-order valence-electron chi connectivity index (χ3n) is 6.09. The molecule has 0 bridgehead atoms. The molecule has 0 radical (unpaired) electrons. The third-order valence-corrected chi connectivity index (χ3v) is 6.09. The lowest BCUT2D eigenvalue weighted by atomic mass is 9.96. The molecule has 0 aliphatic carbocycles. The summed E-state index contributed by atoms with van der Waals surface area (Å²) in [6.07, 6.45) is 0.125. The van der Waals surface area contributed by atoms with Crippen molar-refractivity contribution in [1.82, 2.24) is 9.80 Å². The molecule has 2 heterocycles. The van der Waals surface area contributed by atoms with Crippen LogP contribution < -0.4 is 4.74 Å². The van der Waals surface area contributed by atoms with Crippen LogP contribution in [0.2, 0.25) is 0 Å². The van der Waals surface area contributed by atoms with Gasteiger partial charge in [0, 0.05) is 44.2 Å². The molecule has 4 nitrogen and oxygen atoms in total. The summed E-state index contributed by atoms with van der Waals surface area (Å²) in [6.45, 7) is 10.7. The number of para-hydroxylation sites is 1. The number of nitrogens with zero attached hydrogens (tertiary/aromatic N) is 2. The molecule has 0 aromatic heterocycles. The van der Waals surface area contributed by atoms with Crippen LogP contribution in [-0.4, -0.2) is 48.0 Å². The van der Waals surface area contributed by atoms with E-state index in [9.17, 15) is 4.79 Å². The van der Waals surface area contributed by atoms with Gasteiger partial charge in [0.1, 0.15) is 11.9 Å². The normalized spacial score (nSPS) is 22.4. The summed E-state index contributed by atoms with van der Waals surface area (Å²) in [5, 5.41) is 0. The first-order valence-electron chi connectivity index (χ1n) is 9.90. The van der Waals surface area contributed by atoms with Gasteiger partial charge in [-0.15, -0.1) is 0 Å². The van der Waals surface area contributed by atoms with Gasteiger partial charge >= 0.3 is 0 Å². The first kappa shape index (κ1) is 18.1. The Morgan fingerprint density at radius 1 is 1.04 bits per heavy atom. The molecule has 2 aliphatic heterocycles. The number of benzene rings is 2. The van der Waals surface area contributed by atoms with E-state index in [-0.39, 0.29) is 12.0 Å². The topological polar surface area (TPSA) is 32.8 Å². The van der Waals surface area contributed by atoms with Gasteiger partial charge in [0.15, 0.2) is 0 Å². The fourth-order valence-corrected chi connectivity index (χ4v) is 4.06. The maximum absolute atomic E-state index is 13.1. The Morgan fingerprint density at radius 2 is 1.78 bits per heavy atom. The second kappa shape index (κ2) is 7.35. The molecule has 2 atom stereocenters. The average molecular weight is 364 g/mol. The quantitative estimate of drug-likeness (QED) is 0.830. The van der Waals surface area contributed by atoms with Crippen LogP contribution in [0.3, 0.4) is 0 Å². The van der Waals surface area contributed by atoms with E-state index in [0.29, 0.717) is 5.92 Å². The molecule has 2 aromatic rings. The maximum atomic E-state index is 13.1. The van der Waals surface area contributed by atoms with Crippen LogP contribution in [0.25, 0.3) is 0 Å². The summed E-state index contributed by atoms with van der Waals surface area (Å²) >= 11 is 0. The van der Waals surface area contributed by atoms with Gasteiger partial charge in [0.2, 0.25) is 0 Å². The lowest BCUT2D eigenvalue weighted by molar-refractivity contribution is 0.0623. The number of rotatable bonds is 3. The maximum Gasteiger partial charge on any atom is 0.257 e. The molecular formula is C23H28N2O2. The highest BCUT2D eigenvalue weighted by molar-refractivity contribution is 5.97. The van der Waals surface area contributed by atoms with Crippen molar-refractivity contribution in [3.8, 4) is 5.75 Å². The Labute approximate surface area is 161 Å². The fraction of sp³-hybridized carbons (Fsp3) is 0.435. The monoisotopic (exact) mass is 364 g/mol. The van der Waals surface area contributed by atoms with Gasteiger partial charge in [-0.3, -0.25) is 9.69 Å². The van der Waals surface area contributed by atoms with Crippen molar-refractivity contribution < 1.29 is 9.53 Å². The van der Waals surface area contributed by atoms with E-state index in [1.165, 1.54) is 11.1 Å².